The Bertz CT molecular complexity index is 581. The topological polar surface area (TPSA) is 53.7 Å². The molecule has 0 saturated carbocycles. The molecule has 0 aliphatic rings. The van der Waals surface area contributed by atoms with Crippen molar-refractivity contribution in [3.63, 3.8) is 0 Å². The van der Waals surface area contributed by atoms with Crippen LogP contribution in [0.1, 0.15) is 11.1 Å². The van der Waals surface area contributed by atoms with E-state index in [1.165, 1.54) is 5.56 Å². The molecule has 0 bridgehead atoms. The van der Waals surface area contributed by atoms with Crippen molar-refractivity contribution < 1.29 is 14.2 Å². The predicted octanol–water partition coefficient (Wildman–Crippen LogP) is 2.96. The molecule has 0 aliphatic carbocycles. The Labute approximate surface area is 131 Å². The van der Waals surface area contributed by atoms with Gasteiger partial charge in [0.05, 0.1) is 7.11 Å². The molecule has 0 unspecified atom stereocenters. The number of benzene rings is 2. The van der Waals surface area contributed by atoms with E-state index in [2.05, 4.69) is 0 Å². The number of ether oxygens (including phenoxy) is 3. The van der Waals surface area contributed by atoms with Gasteiger partial charge in [-0.2, -0.15) is 0 Å². The van der Waals surface area contributed by atoms with Gasteiger partial charge >= 0.3 is 0 Å². The van der Waals surface area contributed by atoms with Crippen LogP contribution in [0.15, 0.2) is 42.5 Å². The molecule has 0 spiro atoms. The van der Waals surface area contributed by atoms with Crippen molar-refractivity contribution in [2.45, 2.75) is 13.3 Å². The molecule has 118 valence electrons. The molecule has 0 aliphatic heterocycles. The molecule has 22 heavy (non-hydrogen) atoms. The van der Waals surface area contributed by atoms with Gasteiger partial charge in [-0.3, -0.25) is 0 Å². The molecule has 0 saturated heterocycles. The Kier molecular flexibility index (Phi) is 6.10. The number of aryl methyl sites for hydroxylation is 1. The summed E-state index contributed by atoms with van der Waals surface area (Å²) in [5.74, 6) is 2.29. The molecular formula is C18H23NO3. The normalized spacial score (nSPS) is 10.3. The zero-order valence-corrected chi connectivity index (χ0v) is 13.2. The molecule has 0 radical (unpaired) electrons. The highest BCUT2D eigenvalue weighted by Gasteiger charge is 2.06. The van der Waals surface area contributed by atoms with E-state index in [0.717, 1.165) is 29.2 Å². The maximum atomic E-state index is 5.77. The first-order valence-corrected chi connectivity index (χ1v) is 7.42. The quantitative estimate of drug-likeness (QED) is 0.762. The van der Waals surface area contributed by atoms with E-state index in [1.807, 2.05) is 49.4 Å². The summed E-state index contributed by atoms with van der Waals surface area (Å²) in [6.45, 7) is 3.60. The van der Waals surface area contributed by atoms with E-state index in [9.17, 15) is 0 Å². The zero-order chi connectivity index (χ0) is 15.8. The molecule has 4 nitrogen and oxygen atoms in total. The molecule has 0 heterocycles. The first kappa shape index (κ1) is 16.2. The molecule has 4 heteroatoms. The number of rotatable bonds is 8. The van der Waals surface area contributed by atoms with Crippen molar-refractivity contribution in [3.05, 3.63) is 53.6 Å². The summed E-state index contributed by atoms with van der Waals surface area (Å²) in [6.07, 6.45) is 0.820. The van der Waals surface area contributed by atoms with E-state index >= 15 is 0 Å². The fourth-order valence-corrected chi connectivity index (χ4v) is 2.10. The summed E-state index contributed by atoms with van der Waals surface area (Å²) < 4.78 is 16.7. The van der Waals surface area contributed by atoms with Gasteiger partial charge in [0.15, 0.2) is 11.5 Å². The number of hydrogen-bond donors (Lipinski definition) is 1. The summed E-state index contributed by atoms with van der Waals surface area (Å²) in [5.41, 5.74) is 7.94. The van der Waals surface area contributed by atoms with Crippen LogP contribution in [0.2, 0.25) is 0 Å². The molecular weight excluding hydrogens is 278 g/mol. The van der Waals surface area contributed by atoms with Crippen LogP contribution >= 0.6 is 0 Å². The van der Waals surface area contributed by atoms with Crippen molar-refractivity contribution >= 4 is 0 Å². The first-order valence-electron chi connectivity index (χ1n) is 7.42. The molecule has 2 rings (SSSR count). The van der Waals surface area contributed by atoms with Gasteiger partial charge in [-0.25, -0.2) is 0 Å². The van der Waals surface area contributed by atoms with Gasteiger partial charge in [0, 0.05) is 0 Å². The Morgan fingerprint density at radius 3 is 2.32 bits per heavy atom. The van der Waals surface area contributed by atoms with Crippen molar-refractivity contribution in [1.29, 1.82) is 0 Å². The zero-order valence-electron chi connectivity index (χ0n) is 13.2. The van der Waals surface area contributed by atoms with Gasteiger partial charge in [-0.1, -0.05) is 23.8 Å². The van der Waals surface area contributed by atoms with Crippen LogP contribution in [0.5, 0.6) is 17.2 Å². The highest BCUT2D eigenvalue weighted by Crippen LogP contribution is 2.28. The van der Waals surface area contributed by atoms with Crippen LogP contribution in [-0.4, -0.2) is 26.9 Å². The standard InChI is InChI=1S/C18H23NO3/c1-14-3-6-16(7-4-14)21-11-12-22-18-13-15(9-10-19)5-8-17(18)20-2/h3-8,13H,9-12,19H2,1-2H3. The summed E-state index contributed by atoms with van der Waals surface area (Å²) in [4.78, 5) is 0. The average Bonchev–Trinajstić information content (AvgIpc) is 2.54. The summed E-state index contributed by atoms with van der Waals surface area (Å²) >= 11 is 0. The third-order valence-corrected chi connectivity index (χ3v) is 3.29. The Morgan fingerprint density at radius 1 is 0.909 bits per heavy atom. The number of methoxy groups -OCH3 is 1. The van der Waals surface area contributed by atoms with Gasteiger partial charge in [0.25, 0.3) is 0 Å². The second-order valence-electron chi connectivity index (χ2n) is 5.03. The van der Waals surface area contributed by atoms with Crippen molar-refractivity contribution in [3.8, 4) is 17.2 Å². The highest BCUT2D eigenvalue weighted by molar-refractivity contribution is 5.43. The lowest BCUT2D eigenvalue weighted by Crippen LogP contribution is -2.10. The average molecular weight is 301 g/mol. The van der Waals surface area contributed by atoms with Gasteiger partial charge in [0.2, 0.25) is 0 Å². The monoisotopic (exact) mass is 301 g/mol. The van der Waals surface area contributed by atoms with Crippen LogP contribution in [0, 0.1) is 6.92 Å². The van der Waals surface area contributed by atoms with E-state index < -0.39 is 0 Å². The minimum atomic E-state index is 0.455. The second-order valence-corrected chi connectivity index (χ2v) is 5.03. The van der Waals surface area contributed by atoms with Crippen molar-refractivity contribution in [2.24, 2.45) is 5.73 Å². The highest BCUT2D eigenvalue weighted by atomic mass is 16.5. The smallest absolute Gasteiger partial charge is 0.161 e. The molecule has 2 aromatic carbocycles. The lowest BCUT2D eigenvalue weighted by atomic mass is 10.1. The van der Waals surface area contributed by atoms with Crippen LogP contribution < -0.4 is 19.9 Å². The fraction of sp³-hybridized carbons (Fsp3) is 0.333. The third-order valence-electron chi connectivity index (χ3n) is 3.29. The second kappa shape index (κ2) is 8.29. The van der Waals surface area contributed by atoms with Gasteiger partial charge in [-0.05, 0) is 49.7 Å². The van der Waals surface area contributed by atoms with E-state index in [4.69, 9.17) is 19.9 Å². The molecule has 0 fully saturated rings. The van der Waals surface area contributed by atoms with Crippen molar-refractivity contribution in [2.75, 3.05) is 26.9 Å². The minimum Gasteiger partial charge on any atom is -0.493 e. The number of hydrogen-bond acceptors (Lipinski definition) is 4. The SMILES string of the molecule is COc1ccc(CCN)cc1OCCOc1ccc(C)cc1. The summed E-state index contributed by atoms with van der Waals surface area (Å²) in [7, 11) is 1.63. The van der Waals surface area contributed by atoms with Crippen LogP contribution in [0.3, 0.4) is 0 Å². The third kappa shape index (κ3) is 4.67. The largest absolute Gasteiger partial charge is 0.493 e. The van der Waals surface area contributed by atoms with Gasteiger partial charge in [0.1, 0.15) is 19.0 Å². The fourth-order valence-electron chi connectivity index (χ4n) is 2.10. The lowest BCUT2D eigenvalue weighted by Gasteiger charge is -2.13. The molecule has 0 atom stereocenters. The Hall–Kier alpha value is -2.20. The van der Waals surface area contributed by atoms with Crippen LogP contribution in [-0.2, 0) is 6.42 Å². The summed E-state index contributed by atoms with van der Waals surface area (Å²) in [6, 6.07) is 13.8. The van der Waals surface area contributed by atoms with E-state index in [1.54, 1.807) is 7.11 Å². The lowest BCUT2D eigenvalue weighted by molar-refractivity contribution is 0.211. The Balaban J connectivity index is 1.87. The first-order chi connectivity index (χ1) is 10.7. The molecule has 0 aromatic heterocycles. The van der Waals surface area contributed by atoms with Gasteiger partial charge in [-0.15, -0.1) is 0 Å². The van der Waals surface area contributed by atoms with Crippen molar-refractivity contribution in [1.82, 2.24) is 0 Å². The van der Waals surface area contributed by atoms with Crippen LogP contribution in [0.4, 0.5) is 0 Å². The maximum absolute atomic E-state index is 5.77. The van der Waals surface area contributed by atoms with E-state index in [-0.39, 0.29) is 0 Å². The predicted molar refractivity (Wildman–Crippen MR) is 87.9 cm³/mol. The number of nitrogens with two attached hydrogens (primary N) is 1. The Morgan fingerprint density at radius 2 is 1.64 bits per heavy atom. The van der Waals surface area contributed by atoms with E-state index in [0.29, 0.717) is 19.8 Å². The summed E-state index contributed by atoms with van der Waals surface area (Å²) in [5, 5.41) is 0. The maximum Gasteiger partial charge on any atom is 0.161 e. The minimum absolute atomic E-state index is 0.455. The van der Waals surface area contributed by atoms with Crippen LogP contribution in [0.25, 0.3) is 0 Å². The molecule has 0 amide bonds. The van der Waals surface area contributed by atoms with Gasteiger partial charge < -0.3 is 19.9 Å². The molecule has 2 aromatic rings. The molecule has 2 N–H and O–H groups in total.